The minimum Gasteiger partial charge on any atom is -0.493 e. The molecule has 4 nitrogen and oxygen atoms in total. The molecule has 0 unspecified atom stereocenters. The number of carbonyl (C=O) groups excluding carboxylic acids is 1. The number of nitrogens with zero attached hydrogens (tertiary/aromatic N) is 1. The summed E-state index contributed by atoms with van der Waals surface area (Å²) >= 11 is 3.49. The number of ether oxygens (including phenoxy) is 2. The Hall–Kier alpha value is -2.66. The van der Waals surface area contributed by atoms with Crippen LogP contribution in [0.1, 0.15) is 23.8 Å². The fourth-order valence-corrected chi connectivity index (χ4v) is 3.84. The van der Waals surface area contributed by atoms with Gasteiger partial charge in [-0.1, -0.05) is 71.4 Å². The second kappa shape index (κ2) is 10.2. The van der Waals surface area contributed by atoms with Crippen molar-refractivity contribution in [2.24, 2.45) is 5.92 Å². The quantitative estimate of drug-likeness (QED) is 0.309. The largest absolute Gasteiger partial charge is 0.493 e. The van der Waals surface area contributed by atoms with Crippen LogP contribution in [0.2, 0.25) is 0 Å². The van der Waals surface area contributed by atoms with Crippen LogP contribution in [0.15, 0.2) is 66.7 Å². The molecule has 0 aliphatic carbocycles. The van der Waals surface area contributed by atoms with Gasteiger partial charge in [0.05, 0.1) is 19.4 Å². The summed E-state index contributed by atoms with van der Waals surface area (Å²) in [5.74, 6) is 0.843. The molecule has 0 saturated carbocycles. The maximum Gasteiger partial charge on any atom is 0.356 e. The molecule has 0 fully saturated rings. The number of para-hydroxylation sites is 1. The van der Waals surface area contributed by atoms with Crippen LogP contribution >= 0.6 is 15.9 Å². The number of methoxy groups -OCH3 is 1. The molecule has 1 aromatic heterocycles. The molecule has 0 amide bonds. The van der Waals surface area contributed by atoms with Gasteiger partial charge in [-0.2, -0.15) is 0 Å². The van der Waals surface area contributed by atoms with Crippen LogP contribution in [-0.2, 0) is 4.74 Å². The lowest BCUT2D eigenvalue weighted by molar-refractivity contribution is 0.0594. The van der Waals surface area contributed by atoms with Crippen molar-refractivity contribution in [1.29, 1.82) is 0 Å². The van der Waals surface area contributed by atoms with Gasteiger partial charge in [0.25, 0.3) is 0 Å². The van der Waals surface area contributed by atoms with Crippen molar-refractivity contribution in [3.05, 3.63) is 72.4 Å². The summed E-state index contributed by atoms with van der Waals surface area (Å²) in [5, 5.41) is 0.963. The molecule has 5 heteroatoms. The molecule has 0 saturated heterocycles. The fourth-order valence-electron chi connectivity index (χ4n) is 3.06. The summed E-state index contributed by atoms with van der Waals surface area (Å²) in [7, 11) is 1.36. The predicted octanol–water partition coefficient (Wildman–Crippen LogP) is 6.00. The number of carbonyl (C=O) groups is 1. The smallest absolute Gasteiger partial charge is 0.356 e. The van der Waals surface area contributed by atoms with Gasteiger partial charge >= 0.3 is 5.97 Å². The summed E-state index contributed by atoms with van der Waals surface area (Å²) in [6, 6.07) is 21.4. The van der Waals surface area contributed by atoms with Crippen LogP contribution < -0.4 is 4.74 Å². The van der Waals surface area contributed by atoms with Crippen LogP contribution in [0.3, 0.4) is 0 Å². The van der Waals surface area contributed by atoms with E-state index in [2.05, 4.69) is 27.8 Å². The van der Waals surface area contributed by atoms with E-state index in [0.717, 1.165) is 34.2 Å². The van der Waals surface area contributed by atoms with Crippen molar-refractivity contribution in [2.45, 2.75) is 13.3 Å². The second-order valence-corrected chi connectivity index (χ2v) is 7.63. The van der Waals surface area contributed by atoms with Crippen molar-refractivity contribution in [3.63, 3.8) is 0 Å². The molecule has 1 atom stereocenters. The lowest BCUT2D eigenvalue weighted by atomic mass is 9.96. The number of hydrogen-bond acceptors (Lipinski definition) is 4. The molecule has 1 heterocycles. The molecule has 3 rings (SSSR count). The third-order valence-corrected chi connectivity index (χ3v) is 5.11. The Bertz CT molecular complexity index is 974. The molecule has 0 bridgehead atoms. The molecule has 3 aromatic rings. The second-order valence-electron chi connectivity index (χ2n) is 6.84. The van der Waals surface area contributed by atoms with Gasteiger partial charge in [-0.05, 0) is 36.1 Å². The minimum absolute atomic E-state index is 0.285. The van der Waals surface area contributed by atoms with Crippen LogP contribution in [0.5, 0.6) is 5.75 Å². The summed E-state index contributed by atoms with van der Waals surface area (Å²) in [4.78, 5) is 16.4. The van der Waals surface area contributed by atoms with Gasteiger partial charge < -0.3 is 9.47 Å². The van der Waals surface area contributed by atoms with Crippen LogP contribution in [0.4, 0.5) is 0 Å². The van der Waals surface area contributed by atoms with E-state index in [1.165, 1.54) is 7.11 Å². The summed E-state index contributed by atoms with van der Waals surface area (Å²) in [6.45, 7) is 2.83. The van der Waals surface area contributed by atoms with Gasteiger partial charge in [0, 0.05) is 16.5 Å². The number of pyridine rings is 1. The van der Waals surface area contributed by atoms with Gasteiger partial charge in [-0.3, -0.25) is 0 Å². The maximum atomic E-state index is 11.9. The number of halogens is 1. The van der Waals surface area contributed by atoms with Gasteiger partial charge in [-0.25, -0.2) is 9.78 Å². The molecule has 0 radical (unpaired) electrons. The van der Waals surface area contributed by atoms with E-state index < -0.39 is 5.97 Å². The Morgan fingerprint density at radius 1 is 0.966 bits per heavy atom. The van der Waals surface area contributed by atoms with E-state index in [4.69, 9.17) is 9.47 Å². The van der Waals surface area contributed by atoms with Crippen LogP contribution in [0, 0.1) is 5.92 Å². The highest BCUT2D eigenvalue weighted by molar-refractivity contribution is 9.09. The lowest BCUT2D eigenvalue weighted by Crippen LogP contribution is -2.09. The third kappa shape index (κ3) is 5.24. The van der Waals surface area contributed by atoms with E-state index >= 15 is 0 Å². The Morgan fingerprint density at radius 3 is 2.38 bits per heavy atom. The van der Waals surface area contributed by atoms with Crippen LogP contribution in [0.25, 0.3) is 22.4 Å². The number of hydrogen-bond donors (Lipinski definition) is 0. The number of benzene rings is 2. The molecule has 0 aliphatic rings. The molecule has 2 aromatic carbocycles. The zero-order valence-corrected chi connectivity index (χ0v) is 18.2. The van der Waals surface area contributed by atoms with Crippen molar-refractivity contribution in [1.82, 2.24) is 4.98 Å². The van der Waals surface area contributed by atoms with Gasteiger partial charge in [-0.15, -0.1) is 0 Å². The highest BCUT2D eigenvalue weighted by Crippen LogP contribution is 2.36. The average molecular weight is 454 g/mol. The van der Waals surface area contributed by atoms with Crippen LogP contribution in [-0.4, -0.2) is 30.0 Å². The van der Waals surface area contributed by atoms with Gasteiger partial charge in [0.2, 0.25) is 0 Å². The average Bonchev–Trinajstić information content (AvgIpc) is 2.77. The number of aromatic nitrogens is 1. The number of rotatable bonds is 8. The molecule has 0 aliphatic heterocycles. The highest BCUT2D eigenvalue weighted by Gasteiger charge is 2.15. The van der Waals surface area contributed by atoms with Gasteiger partial charge in [0.15, 0.2) is 0 Å². The first-order valence-corrected chi connectivity index (χ1v) is 10.7. The van der Waals surface area contributed by atoms with Crippen molar-refractivity contribution < 1.29 is 14.3 Å². The Morgan fingerprint density at radius 2 is 1.66 bits per heavy atom. The van der Waals surface area contributed by atoms with E-state index in [1.807, 2.05) is 60.7 Å². The van der Waals surface area contributed by atoms with Crippen molar-refractivity contribution >= 4 is 21.9 Å². The Labute approximate surface area is 180 Å². The third-order valence-electron chi connectivity index (χ3n) is 4.65. The monoisotopic (exact) mass is 453 g/mol. The Kier molecular flexibility index (Phi) is 7.42. The SMILES string of the molecule is COC(=O)c1cccc(-c2ccccc2-c2ccccc2OC[C@@H](C)CCBr)n1. The number of alkyl halides is 1. The summed E-state index contributed by atoms with van der Waals surface area (Å²) in [6.07, 6.45) is 1.06. The molecule has 0 N–H and O–H groups in total. The molecular formula is C24H24BrNO3. The van der Waals surface area contributed by atoms with E-state index in [-0.39, 0.29) is 5.69 Å². The first-order chi connectivity index (χ1) is 14.1. The molecule has 29 heavy (non-hydrogen) atoms. The first-order valence-electron chi connectivity index (χ1n) is 9.57. The van der Waals surface area contributed by atoms with Crippen molar-refractivity contribution in [3.8, 4) is 28.1 Å². The highest BCUT2D eigenvalue weighted by atomic mass is 79.9. The predicted molar refractivity (Wildman–Crippen MR) is 120 cm³/mol. The lowest BCUT2D eigenvalue weighted by Gasteiger charge is -2.17. The standard InChI is InChI=1S/C24H24BrNO3/c1-17(14-15-25)16-29-23-13-6-5-10-20(23)18-8-3-4-9-19(18)21-11-7-12-22(26-21)24(27)28-2/h3-13,17H,14-16H2,1-2H3/t17-/m0/s1. The summed E-state index contributed by atoms with van der Waals surface area (Å²) < 4.78 is 11.0. The van der Waals surface area contributed by atoms with E-state index in [1.54, 1.807) is 6.07 Å². The Balaban J connectivity index is 1.99. The van der Waals surface area contributed by atoms with E-state index in [9.17, 15) is 4.79 Å². The first kappa shape index (κ1) is 21.1. The minimum atomic E-state index is -0.450. The zero-order chi connectivity index (χ0) is 20.6. The topological polar surface area (TPSA) is 48.4 Å². The molecular weight excluding hydrogens is 430 g/mol. The fraction of sp³-hybridized carbons (Fsp3) is 0.250. The molecule has 0 spiro atoms. The molecule has 150 valence electrons. The number of esters is 1. The maximum absolute atomic E-state index is 11.9. The van der Waals surface area contributed by atoms with E-state index in [0.29, 0.717) is 18.2 Å². The van der Waals surface area contributed by atoms with Crippen molar-refractivity contribution in [2.75, 3.05) is 19.0 Å². The van der Waals surface area contributed by atoms with Gasteiger partial charge in [0.1, 0.15) is 11.4 Å². The summed E-state index contributed by atoms with van der Waals surface area (Å²) in [5.41, 5.74) is 3.94. The normalized spacial score (nSPS) is 11.7. The zero-order valence-electron chi connectivity index (χ0n) is 16.6.